The number of amides is 1. The standard InChI is InChI=1S/C13H17FN2O2/c1-8-6-12(10(14)7-11(8)15)18-5-4-13(17)16-9-2-3-9/h6-7,9H,2-5,15H2,1H3,(H,16,17). The van der Waals surface area contributed by atoms with Crippen molar-refractivity contribution < 1.29 is 13.9 Å². The molecule has 5 heteroatoms. The Hall–Kier alpha value is -1.78. The molecule has 0 heterocycles. The highest BCUT2D eigenvalue weighted by Crippen LogP contribution is 2.23. The summed E-state index contributed by atoms with van der Waals surface area (Å²) in [5.41, 5.74) is 6.72. The highest BCUT2D eigenvalue weighted by atomic mass is 19.1. The molecule has 1 saturated carbocycles. The summed E-state index contributed by atoms with van der Waals surface area (Å²) in [5, 5.41) is 2.84. The number of halogens is 1. The van der Waals surface area contributed by atoms with Gasteiger partial charge in [-0.3, -0.25) is 4.79 Å². The van der Waals surface area contributed by atoms with Gasteiger partial charge >= 0.3 is 0 Å². The number of carbonyl (C=O) groups excluding carboxylic acids is 1. The van der Waals surface area contributed by atoms with E-state index in [4.69, 9.17) is 10.5 Å². The largest absolute Gasteiger partial charge is 0.490 e. The van der Waals surface area contributed by atoms with Gasteiger partial charge in [-0.05, 0) is 31.4 Å². The second-order valence-electron chi connectivity index (χ2n) is 4.58. The van der Waals surface area contributed by atoms with E-state index in [1.165, 1.54) is 6.07 Å². The number of anilines is 1. The summed E-state index contributed by atoms with van der Waals surface area (Å²) in [6.45, 7) is 1.94. The molecule has 1 fully saturated rings. The third kappa shape index (κ3) is 3.35. The molecule has 0 atom stereocenters. The Morgan fingerprint density at radius 2 is 2.28 bits per heavy atom. The average Bonchev–Trinajstić information content (AvgIpc) is 3.09. The topological polar surface area (TPSA) is 64.3 Å². The smallest absolute Gasteiger partial charge is 0.223 e. The number of carbonyl (C=O) groups is 1. The van der Waals surface area contributed by atoms with E-state index in [2.05, 4.69) is 5.32 Å². The Morgan fingerprint density at radius 1 is 1.56 bits per heavy atom. The summed E-state index contributed by atoms with van der Waals surface area (Å²) in [6, 6.07) is 3.12. The van der Waals surface area contributed by atoms with Crippen LogP contribution in [0.3, 0.4) is 0 Å². The minimum absolute atomic E-state index is 0.0509. The van der Waals surface area contributed by atoms with Crippen LogP contribution in [0, 0.1) is 12.7 Å². The predicted molar refractivity (Wildman–Crippen MR) is 66.8 cm³/mol. The van der Waals surface area contributed by atoms with Crippen LogP contribution in [0.5, 0.6) is 5.75 Å². The summed E-state index contributed by atoms with van der Waals surface area (Å²) in [5.74, 6) is -0.410. The summed E-state index contributed by atoms with van der Waals surface area (Å²) < 4.78 is 18.7. The predicted octanol–water partition coefficient (Wildman–Crippen LogP) is 1.76. The lowest BCUT2D eigenvalue weighted by molar-refractivity contribution is -0.121. The van der Waals surface area contributed by atoms with E-state index >= 15 is 0 Å². The van der Waals surface area contributed by atoms with Gasteiger partial charge in [-0.25, -0.2) is 4.39 Å². The van der Waals surface area contributed by atoms with Crippen LogP contribution in [0.15, 0.2) is 12.1 Å². The zero-order valence-electron chi connectivity index (χ0n) is 10.3. The molecule has 0 spiro atoms. The molecule has 4 nitrogen and oxygen atoms in total. The quantitative estimate of drug-likeness (QED) is 0.785. The van der Waals surface area contributed by atoms with Crippen molar-refractivity contribution in [2.45, 2.75) is 32.2 Å². The number of hydrogen-bond donors (Lipinski definition) is 2. The van der Waals surface area contributed by atoms with Crippen molar-refractivity contribution in [2.24, 2.45) is 0 Å². The summed E-state index contributed by atoms with van der Waals surface area (Å²) in [6.07, 6.45) is 2.34. The van der Waals surface area contributed by atoms with E-state index in [1.807, 2.05) is 0 Å². The number of nitrogens with two attached hydrogens (primary N) is 1. The summed E-state index contributed by atoms with van der Waals surface area (Å²) >= 11 is 0. The van der Waals surface area contributed by atoms with Gasteiger partial charge in [0.1, 0.15) is 0 Å². The Morgan fingerprint density at radius 3 is 2.94 bits per heavy atom. The van der Waals surface area contributed by atoms with Gasteiger partial charge in [-0.1, -0.05) is 0 Å². The fraction of sp³-hybridized carbons (Fsp3) is 0.462. The molecule has 0 saturated heterocycles. The van der Waals surface area contributed by atoms with Crippen molar-refractivity contribution in [3.8, 4) is 5.75 Å². The fourth-order valence-corrected chi connectivity index (χ4v) is 1.56. The zero-order valence-corrected chi connectivity index (χ0v) is 10.3. The van der Waals surface area contributed by atoms with Crippen molar-refractivity contribution in [3.05, 3.63) is 23.5 Å². The maximum Gasteiger partial charge on any atom is 0.223 e. The van der Waals surface area contributed by atoms with Gasteiger partial charge in [0.15, 0.2) is 11.6 Å². The number of hydrogen-bond acceptors (Lipinski definition) is 3. The third-order valence-electron chi connectivity index (χ3n) is 2.85. The van der Waals surface area contributed by atoms with Crippen molar-refractivity contribution in [1.29, 1.82) is 0 Å². The van der Waals surface area contributed by atoms with E-state index in [-0.39, 0.29) is 24.7 Å². The highest BCUT2D eigenvalue weighted by Gasteiger charge is 2.22. The van der Waals surface area contributed by atoms with Crippen LogP contribution in [0.25, 0.3) is 0 Å². The van der Waals surface area contributed by atoms with E-state index in [0.29, 0.717) is 11.7 Å². The number of aryl methyl sites for hydroxylation is 1. The average molecular weight is 252 g/mol. The lowest BCUT2D eigenvalue weighted by Crippen LogP contribution is -2.26. The molecular formula is C13H17FN2O2. The van der Waals surface area contributed by atoms with Gasteiger partial charge in [0.25, 0.3) is 0 Å². The molecule has 3 N–H and O–H groups in total. The second-order valence-corrected chi connectivity index (χ2v) is 4.58. The van der Waals surface area contributed by atoms with Gasteiger partial charge in [-0.15, -0.1) is 0 Å². The minimum atomic E-state index is -0.499. The third-order valence-corrected chi connectivity index (χ3v) is 2.85. The molecule has 1 aliphatic rings. The highest BCUT2D eigenvalue weighted by molar-refractivity contribution is 5.76. The molecule has 0 radical (unpaired) electrons. The van der Waals surface area contributed by atoms with Gasteiger partial charge in [-0.2, -0.15) is 0 Å². The van der Waals surface area contributed by atoms with Gasteiger partial charge < -0.3 is 15.8 Å². The molecule has 0 unspecified atom stereocenters. The van der Waals surface area contributed by atoms with E-state index < -0.39 is 5.82 Å². The lowest BCUT2D eigenvalue weighted by Gasteiger charge is -2.09. The molecule has 18 heavy (non-hydrogen) atoms. The number of rotatable bonds is 5. The molecule has 0 aromatic heterocycles. The van der Waals surface area contributed by atoms with E-state index in [1.54, 1.807) is 13.0 Å². The molecular weight excluding hydrogens is 235 g/mol. The lowest BCUT2D eigenvalue weighted by atomic mass is 10.2. The summed E-state index contributed by atoms with van der Waals surface area (Å²) in [7, 11) is 0. The normalized spacial score (nSPS) is 14.3. The Bertz CT molecular complexity index is 459. The monoisotopic (exact) mass is 252 g/mol. The SMILES string of the molecule is Cc1cc(OCCC(=O)NC2CC2)c(F)cc1N. The van der Waals surface area contributed by atoms with Crippen LogP contribution in [-0.2, 0) is 4.79 Å². The Balaban J connectivity index is 1.82. The van der Waals surface area contributed by atoms with Crippen molar-refractivity contribution in [3.63, 3.8) is 0 Å². The molecule has 1 aromatic carbocycles. The molecule has 98 valence electrons. The first-order valence-corrected chi connectivity index (χ1v) is 6.04. The fourth-order valence-electron chi connectivity index (χ4n) is 1.56. The first-order chi connectivity index (χ1) is 8.56. The number of benzene rings is 1. The molecule has 1 aliphatic carbocycles. The maximum atomic E-state index is 13.5. The number of ether oxygens (including phenoxy) is 1. The first kappa shape index (κ1) is 12.7. The van der Waals surface area contributed by atoms with Crippen molar-refractivity contribution in [1.82, 2.24) is 5.32 Å². The number of nitrogens with one attached hydrogen (secondary N) is 1. The van der Waals surface area contributed by atoms with E-state index in [0.717, 1.165) is 18.4 Å². The maximum absolute atomic E-state index is 13.5. The van der Waals surface area contributed by atoms with Crippen LogP contribution < -0.4 is 15.8 Å². The number of nitrogen functional groups attached to an aromatic ring is 1. The molecule has 0 aliphatic heterocycles. The van der Waals surface area contributed by atoms with Crippen molar-refractivity contribution >= 4 is 11.6 Å². The summed E-state index contributed by atoms with van der Waals surface area (Å²) in [4.78, 5) is 11.4. The van der Waals surface area contributed by atoms with Crippen LogP contribution >= 0.6 is 0 Å². The first-order valence-electron chi connectivity index (χ1n) is 6.04. The van der Waals surface area contributed by atoms with Gasteiger partial charge in [0, 0.05) is 17.8 Å². The van der Waals surface area contributed by atoms with Crippen molar-refractivity contribution in [2.75, 3.05) is 12.3 Å². The zero-order chi connectivity index (χ0) is 13.1. The molecule has 0 bridgehead atoms. The van der Waals surface area contributed by atoms with Gasteiger partial charge in [0.2, 0.25) is 5.91 Å². The minimum Gasteiger partial charge on any atom is -0.490 e. The Kier molecular flexibility index (Phi) is 3.69. The Labute approximate surface area is 105 Å². The molecule has 1 amide bonds. The van der Waals surface area contributed by atoms with Crippen LogP contribution in [0.1, 0.15) is 24.8 Å². The second kappa shape index (κ2) is 5.25. The molecule has 2 rings (SSSR count). The van der Waals surface area contributed by atoms with Crippen LogP contribution in [0.2, 0.25) is 0 Å². The van der Waals surface area contributed by atoms with Crippen LogP contribution in [0.4, 0.5) is 10.1 Å². The van der Waals surface area contributed by atoms with Crippen LogP contribution in [-0.4, -0.2) is 18.6 Å². The van der Waals surface area contributed by atoms with E-state index in [9.17, 15) is 9.18 Å². The molecule has 1 aromatic rings. The van der Waals surface area contributed by atoms with Gasteiger partial charge in [0.05, 0.1) is 13.0 Å².